The van der Waals surface area contributed by atoms with Gasteiger partial charge in [-0.3, -0.25) is 4.79 Å². The molecular weight excluding hydrogens is 344 g/mol. The summed E-state index contributed by atoms with van der Waals surface area (Å²) in [7, 11) is 2.91. The first kappa shape index (κ1) is 18.5. The monoisotopic (exact) mass is 362 g/mol. The number of aromatic nitrogens is 2. The lowest BCUT2D eigenvalue weighted by atomic mass is 10.1. The van der Waals surface area contributed by atoms with Crippen LogP contribution in [-0.2, 0) is 9.63 Å². The second-order valence-electron chi connectivity index (χ2n) is 4.97. The molecule has 0 aliphatic heterocycles. The van der Waals surface area contributed by atoms with Crippen molar-refractivity contribution in [3.05, 3.63) is 53.2 Å². The van der Waals surface area contributed by atoms with E-state index in [1.807, 2.05) is 12.1 Å². The maximum absolute atomic E-state index is 11.7. The van der Waals surface area contributed by atoms with E-state index < -0.39 is 0 Å². The Morgan fingerprint density at radius 1 is 1.36 bits per heavy atom. The molecule has 0 bridgehead atoms. The van der Waals surface area contributed by atoms with Crippen molar-refractivity contribution in [3.63, 3.8) is 0 Å². The Balaban J connectivity index is 2.00. The molecule has 1 aromatic heterocycles. The summed E-state index contributed by atoms with van der Waals surface area (Å²) < 4.78 is 7.27. The lowest BCUT2D eigenvalue weighted by Gasteiger charge is -2.05. The van der Waals surface area contributed by atoms with Gasteiger partial charge in [0.25, 0.3) is 5.91 Å². The van der Waals surface area contributed by atoms with E-state index in [2.05, 4.69) is 15.6 Å². The maximum atomic E-state index is 11.7. The highest BCUT2D eigenvalue weighted by atomic mass is 35.5. The summed E-state index contributed by atoms with van der Waals surface area (Å²) in [5.74, 6) is 0.131. The highest BCUT2D eigenvalue weighted by Crippen LogP contribution is 2.15. The number of hydrogen-bond donors (Lipinski definition) is 1. The van der Waals surface area contributed by atoms with Gasteiger partial charge >= 0.3 is 0 Å². The fraction of sp³-hybridized carbons (Fsp3) is 0.235. The lowest BCUT2D eigenvalue weighted by Crippen LogP contribution is -2.28. The number of benzene rings is 1. The number of rotatable bonds is 7. The molecule has 0 aliphatic carbocycles. The molecule has 0 fully saturated rings. The van der Waals surface area contributed by atoms with Gasteiger partial charge in [0, 0.05) is 24.3 Å². The summed E-state index contributed by atoms with van der Waals surface area (Å²) in [5, 5.41) is 11.2. The van der Waals surface area contributed by atoms with Crippen LogP contribution in [0.4, 0.5) is 0 Å². The minimum Gasteiger partial charge on any atom is -0.472 e. The SMILES string of the molecule is CNC(=O)C(=N\OC)/C(C)=C/COc1ccn(-c2ccc(Cl)cc2)n1. The fourth-order valence-corrected chi connectivity index (χ4v) is 2.10. The molecule has 1 N–H and O–H groups in total. The first-order valence-corrected chi connectivity index (χ1v) is 7.87. The van der Waals surface area contributed by atoms with Gasteiger partial charge in [-0.1, -0.05) is 16.8 Å². The number of nitrogens with one attached hydrogen (secondary N) is 1. The van der Waals surface area contributed by atoms with Crippen LogP contribution < -0.4 is 10.1 Å². The van der Waals surface area contributed by atoms with Gasteiger partial charge in [0.1, 0.15) is 13.7 Å². The molecule has 25 heavy (non-hydrogen) atoms. The predicted molar refractivity (Wildman–Crippen MR) is 96.3 cm³/mol. The first-order chi connectivity index (χ1) is 12.0. The molecule has 1 aromatic carbocycles. The van der Waals surface area contributed by atoms with Crippen molar-refractivity contribution >= 4 is 23.2 Å². The Labute approximate surface area is 150 Å². The molecule has 1 amide bonds. The topological polar surface area (TPSA) is 77.7 Å². The smallest absolute Gasteiger partial charge is 0.273 e. The van der Waals surface area contributed by atoms with E-state index in [1.165, 1.54) is 14.2 Å². The number of carbonyl (C=O) groups is 1. The minimum atomic E-state index is -0.331. The molecule has 0 atom stereocenters. The van der Waals surface area contributed by atoms with E-state index in [-0.39, 0.29) is 18.2 Å². The Morgan fingerprint density at radius 3 is 2.72 bits per heavy atom. The Morgan fingerprint density at radius 2 is 2.08 bits per heavy atom. The second kappa shape index (κ2) is 8.89. The number of carbonyl (C=O) groups excluding carboxylic acids is 1. The summed E-state index contributed by atoms with van der Waals surface area (Å²) in [4.78, 5) is 16.4. The molecule has 0 unspecified atom stereocenters. The number of oxime groups is 1. The van der Waals surface area contributed by atoms with E-state index in [4.69, 9.17) is 21.2 Å². The highest BCUT2D eigenvalue weighted by molar-refractivity contribution is 6.44. The number of hydrogen-bond acceptors (Lipinski definition) is 5. The maximum Gasteiger partial charge on any atom is 0.273 e. The normalized spacial score (nSPS) is 12.0. The van der Waals surface area contributed by atoms with Crippen molar-refractivity contribution in [2.75, 3.05) is 20.8 Å². The number of nitrogens with zero attached hydrogens (tertiary/aromatic N) is 3. The van der Waals surface area contributed by atoms with Crippen molar-refractivity contribution in [1.82, 2.24) is 15.1 Å². The minimum absolute atomic E-state index is 0.195. The van der Waals surface area contributed by atoms with Crippen molar-refractivity contribution in [2.45, 2.75) is 6.92 Å². The average molecular weight is 363 g/mol. The van der Waals surface area contributed by atoms with Gasteiger partial charge in [0.05, 0.1) is 5.69 Å². The van der Waals surface area contributed by atoms with Gasteiger partial charge in [0.2, 0.25) is 5.88 Å². The first-order valence-electron chi connectivity index (χ1n) is 7.50. The van der Waals surface area contributed by atoms with E-state index >= 15 is 0 Å². The molecular formula is C17H19ClN4O3. The summed E-state index contributed by atoms with van der Waals surface area (Å²) in [6, 6.07) is 9.06. The Bertz CT molecular complexity index is 781. The van der Waals surface area contributed by atoms with Crippen LogP contribution in [0.25, 0.3) is 5.69 Å². The van der Waals surface area contributed by atoms with E-state index in [1.54, 1.807) is 42.1 Å². The van der Waals surface area contributed by atoms with Crippen molar-refractivity contribution < 1.29 is 14.4 Å². The highest BCUT2D eigenvalue weighted by Gasteiger charge is 2.12. The molecule has 0 spiro atoms. The third-order valence-electron chi connectivity index (χ3n) is 3.27. The molecule has 2 aromatic rings. The second-order valence-corrected chi connectivity index (χ2v) is 5.41. The largest absolute Gasteiger partial charge is 0.472 e. The zero-order valence-corrected chi connectivity index (χ0v) is 14.9. The van der Waals surface area contributed by atoms with Crippen molar-refractivity contribution in [3.8, 4) is 11.6 Å². The van der Waals surface area contributed by atoms with Gasteiger partial charge in [0.15, 0.2) is 5.71 Å². The fourth-order valence-electron chi connectivity index (χ4n) is 1.97. The van der Waals surface area contributed by atoms with Crippen LogP contribution in [0.2, 0.25) is 5.02 Å². The van der Waals surface area contributed by atoms with Crippen molar-refractivity contribution in [1.29, 1.82) is 0 Å². The average Bonchev–Trinajstić information content (AvgIpc) is 3.08. The van der Waals surface area contributed by atoms with E-state index in [9.17, 15) is 4.79 Å². The zero-order chi connectivity index (χ0) is 18.2. The molecule has 8 heteroatoms. The van der Waals surface area contributed by atoms with Crippen LogP contribution in [0.5, 0.6) is 5.88 Å². The predicted octanol–water partition coefficient (Wildman–Crippen LogP) is 2.60. The molecule has 7 nitrogen and oxygen atoms in total. The van der Waals surface area contributed by atoms with Gasteiger partial charge in [-0.2, -0.15) is 0 Å². The van der Waals surface area contributed by atoms with Crippen LogP contribution in [-0.4, -0.2) is 42.2 Å². The van der Waals surface area contributed by atoms with Crippen LogP contribution in [0, 0.1) is 0 Å². The Kier molecular flexibility index (Phi) is 6.59. The molecule has 1 heterocycles. The molecule has 2 rings (SSSR count). The molecule has 0 aliphatic rings. The third-order valence-corrected chi connectivity index (χ3v) is 3.53. The van der Waals surface area contributed by atoms with Gasteiger partial charge in [-0.15, -0.1) is 5.10 Å². The summed E-state index contributed by atoms with van der Waals surface area (Å²) in [6.07, 6.45) is 3.52. The standard InChI is InChI=1S/C17H19ClN4O3/c1-12(16(21-24-3)17(23)19-2)9-11-25-15-8-10-22(20-15)14-6-4-13(18)5-7-14/h4-10H,11H2,1-3H3,(H,19,23)/b12-9+,21-16-. The summed E-state index contributed by atoms with van der Waals surface area (Å²) in [6.45, 7) is 1.99. The summed E-state index contributed by atoms with van der Waals surface area (Å²) >= 11 is 5.88. The zero-order valence-electron chi connectivity index (χ0n) is 14.2. The molecule has 0 saturated heterocycles. The number of amides is 1. The number of ether oxygens (including phenoxy) is 1. The Hall–Kier alpha value is -2.80. The third kappa shape index (κ3) is 5.09. The van der Waals surface area contributed by atoms with Gasteiger partial charge in [-0.05, 0) is 42.8 Å². The van der Waals surface area contributed by atoms with Crippen LogP contribution in [0.1, 0.15) is 6.92 Å². The summed E-state index contributed by atoms with van der Waals surface area (Å²) in [5.41, 5.74) is 1.71. The van der Waals surface area contributed by atoms with Crippen LogP contribution in [0.15, 0.2) is 53.3 Å². The molecule has 132 valence electrons. The van der Waals surface area contributed by atoms with E-state index in [0.717, 1.165) is 5.69 Å². The van der Waals surface area contributed by atoms with E-state index in [0.29, 0.717) is 16.5 Å². The quantitative estimate of drug-likeness (QED) is 0.606. The number of halogens is 1. The van der Waals surface area contributed by atoms with Gasteiger partial charge < -0.3 is 14.9 Å². The lowest BCUT2D eigenvalue weighted by molar-refractivity contribution is -0.114. The van der Waals surface area contributed by atoms with Crippen molar-refractivity contribution in [2.24, 2.45) is 5.16 Å². The van der Waals surface area contributed by atoms with Gasteiger partial charge in [-0.25, -0.2) is 4.68 Å². The van der Waals surface area contributed by atoms with Crippen LogP contribution >= 0.6 is 11.6 Å². The molecule has 0 radical (unpaired) electrons. The van der Waals surface area contributed by atoms with Crippen LogP contribution in [0.3, 0.4) is 0 Å². The molecule has 0 saturated carbocycles.